The highest BCUT2D eigenvalue weighted by Crippen LogP contribution is 2.45. The van der Waals surface area contributed by atoms with Crippen LogP contribution >= 0.6 is 11.3 Å². The second-order valence-corrected chi connectivity index (χ2v) is 8.98. The highest BCUT2D eigenvalue weighted by molar-refractivity contribution is 7.09. The number of carbonyl (C=O) groups excluding carboxylic acids is 1. The molecule has 1 aromatic heterocycles. The Hall–Kier alpha value is -1.99. The minimum absolute atomic E-state index is 0.00213. The molecule has 0 spiro atoms. The molecule has 0 radical (unpaired) electrons. The second-order valence-electron chi connectivity index (χ2n) is 8.03. The summed E-state index contributed by atoms with van der Waals surface area (Å²) in [5, 5.41) is 3.33. The van der Waals surface area contributed by atoms with Crippen molar-refractivity contribution < 1.29 is 9.18 Å². The number of thiazole rings is 1. The fourth-order valence-electron chi connectivity index (χ4n) is 4.65. The van der Waals surface area contributed by atoms with Crippen molar-refractivity contribution in [3.8, 4) is 0 Å². The summed E-state index contributed by atoms with van der Waals surface area (Å²) in [4.78, 5) is 23.5. The van der Waals surface area contributed by atoms with Crippen molar-refractivity contribution in [2.45, 2.75) is 25.9 Å². The lowest BCUT2D eigenvalue weighted by Gasteiger charge is -2.31. The van der Waals surface area contributed by atoms with Crippen LogP contribution in [-0.2, 0) is 13.0 Å². The van der Waals surface area contributed by atoms with E-state index in [0.29, 0.717) is 11.8 Å². The highest BCUT2D eigenvalue weighted by atomic mass is 32.1. The van der Waals surface area contributed by atoms with Gasteiger partial charge in [-0.05, 0) is 30.0 Å². The largest absolute Gasteiger partial charge is 0.331 e. The molecule has 150 valence electrons. The smallest absolute Gasteiger partial charge is 0.320 e. The molecule has 3 atom stereocenters. The molecule has 0 aliphatic carbocycles. The van der Waals surface area contributed by atoms with E-state index >= 15 is 0 Å². The topological polar surface area (TPSA) is 39.7 Å². The Kier molecular flexibility index (Phi) is 5.38. The van der Waals surface area contributed by atoms with Gasteiger partial charge in [0.05, 0.1) is 16.7 Å². The molecule has 2 aromatic rings. The normalized spacial score (nSPS) is 24.6. The van der Waals surface area contributed by atoms with Crippen LogP contribution in [0, 0.1) is 17.7 Å². The van der Waals surface area contributed by atoms with Crippen molar-refractivity contribution in [3.05, 3.63) is 51.7 Å². The van der Waals surface area contributed by atoms with Gasteiger partial charge in [0.1, 0.15) is 5.82 Å². The number of likely N-dealkylation sites (tertiary alicyclic amines) is 2. The van der Waals surface area contributed by atoms with Gasteiger partial charge in [-0.15, -0.1) is 11.3 Å². The van der Waals surface area contributed by atoms with Crippen molar-refractivity contribution in [3.63, 3.8) is 0 Å². The molecule has 2 aliphatic rings. The molecule has 7 heteroatoms. The fraction of sp³-hybridized carbons (Fsp3) is 0.524. The van der Waals surface area contributed by atoms with Gasteiger partial charge in [0.15, 0.2) is 0 Å². The molecule has 0 unspecified atom stereocenters. The zero-order valence-corrected chi connectivity index (χ0v) is 17.5. The van der Waals surface area contributed by atoms with Crippen molar-refractivity contribution in [1.82, 2.24) is 19.7 Å². The van der Waals surface area contributed by atoms with Crippen LogP contribution in [0.5, 0.6) is 0 Å². The summed E-state index contributed by atoms with van der Waals surface area (Å²) in [5.41, 5.74) is 2.02. The van der Waals surface area contributed by atoms with Crippen LogP contribution in [-0.4, -0.2) is 59.4 Å². The number of benzene rings is 1. The molecule has 2 aliphatic heterocycles. The monoisotopic (exact) mass is 402 g/mol. The highest BCUT2D eigenvalue weighted by Gasteiger charge is 2.49. The summed E-state index contributed by atoms with van der Waals surface area (Å²) < 4.78 is 13.9. The summed E-state index contributed by atoms with van der Waals surface area (Å²) in [6.45, 7) is 5.55. The molecule has 28 heavy (non-hydrogen) atoms. The van der Waals surface area contributed by atoms with E-state index in [9.17, 15) is 9.18 Å². The first-order valence-electron chi connectivity index (χ1n) is 9.85. The third kappa shape index (κ3) is 3.65. The third-order valence-electron chi connectivity index (χ3n) is 5.85. The molecule has 0 bridgehead atoms. The molecule has 5 nitrogen and oxygen atoms in total. The van der Waals surface area contributed by atoms with Crippen molar-refractivity contribution >= 4 is 17.4 Å². The maximum absolute atomic E-state index is 13.9. The standard InChI is InChI=1S/C21H27FN4OS/c1-4-19-23-17(13-28-19)11-25-9-15-10-26(21(27)24(2)3)20(18(15)12-25)14-6-5-7-16(22)8-14/h5-8,13,15,18,20H,4,9-12H2,1-3H3/t15-,18-,20+/m1/s1. The molecular formula is C21H27FN4OS. The number of hydrogen-bond donors (Lipinski definition) is 0. The Labute approximate surface area is 169 Å². The maximum atomic E-state index is 13.9. The van der Waals surface area contributed by atoms with Crippen LogP contribution in [0.15, 0.2) is 29.6 Å². The van der Waals surface area contributed by atoms with Gasteiger partial charge < -0.3 is 9.80 Å². The lowest BCUT2D eigenvalue weighted by atomic mass is 9.89. The number of fused-ring (bicyclic) bond motifs is 1. The SMILES string of the molecule is CCc1nc(CN2C[C@@H]3CN(C(=O)N(C)C)[C@@H](c4cccc(F)c4)[C@@H]3C2)cs1. The first kappa shape index (κ1) is 19.3. The van der Waals surface area contributed by atoms with E-state index < -0.39 is 0 Å². The summed E-state index contributed by atoms with van der Waals surface area (Å²) in [6.07, 6.45) is 0.971. The maximum Gasteiger partial charge on any atom is 0.320 e. The van der Waals surface area contributed by atoms with Crippen LogP contribution in [0.2, 0.25) is 0 Å². The van der Waals surface area contributed by atoms with Crippen molar-refractivity contribution in [2.24, 2.45) is 11.8 Å². The van der Waals surface area contributed by atoms with Gasteiger partial charge in [-0.1, -0.05) is 19.1 Å². The first-order valence-corrected chi connectivity index (χ1v) is 10.7. The molecule has 3 heterocycles. The number of nitrogens with zero attached hydrogens (tertiary/aromatic N) is 4. The molecule has 0 N–H and O–H groups in total. The van der Waals surface area contributed by atoms with E-state index in [1.54, 1.807) is 42.5 Å². The predicted molar refractivity (Wildman–Crippen MR) is 109 cm³/mol. The first-order chi connectivity index (χ1) is 13.5. The van der Waals surface area contributed by atoms with Gasteiger partial charge in [-0.3, -0.25) is 4.90 Å². The molecule has 4 rings (SSSR count). The minimum Gasteiger partial charge on any atom is -0.331 e. The van der Waals surface area contributed by atoms with Crippen LogP contribution < -0.4 is 0 Å². The second kappa shape index (κ2) is 7.79. The number of urea groups is 1. The number of carbonyl (C=O) groups is 1. The molecule has 0 saturated carbocycles. The van der Waals surface area contributed by atoms with E-state index in [4.69, 9.17) is 4.98 Å². The Morgan fingerprint density at radius 3 is 2.82 bits per heavy atom. The fourth-order valence-corrected chi connectivity index (χ4v) is 5.39. The lowest BCUT2D eigenvalue weighted by Crippen LogP contribution is -2.41. The van der Waals surface area contributed by atoms with Crippen LogP contribution in [0.1, 0.15) is 29.2 Å². The Morgan fingerprint density at radius 1 is 1.32 bits per heavy atom. The van der Waals surface area contributed by atoms with Gasteiger partial charge in [0, 0.05) is 51.6 Å². The number of halogens is 1. The average molecular weight is 403 g/mol. The number of aromatic nitrogens is 1. The van der Waals surface area contributed by atoms with Gasteiger partial charge in [-0.2, -0.15) is 0 Å². The van der Waals surface area contributed by atoms with Gasteiger partial charge >= 0.3 is 6.03 Å². The van der Waals surface area contributed by atoms with E-state index in [0.717, 1.165) is 43.9 Å². The van der Waals surface area contributed by atoms with Gasteiger partial charge in [0.2, 0.25) is 0 Å². The number of hydrogen-bond acceptors (Lipinski definition) is 4. The zero-order chi connectivity index (χ0) is 19.8. The molecule has 2 fully saturated rings. The van der Waals surface area contributed by atoms with E-state index in [1.807, 2.05) is 11.0 Å². The molecule has 1 aromatic carbocycles. The van der Waals surface area contributed by atoms with E-state index in [2.05, 4.69) is 17.2 Å². The minimum atomic E-state index is -0.248. The van der Waals surface area contributed by atoms with Gasteiger partial charge in [0.25, 0.3) is 0 Å². The molecular weight excluding hydrogens is 375 g/mol. The summed E-state index contributed by atoms with van der Waals surface area (Å²) in [5.74, 6) is 0.471. The Bertz CT molecular complexity index is 854. The zero-order valence-electron chi connectivity index (χ0n) is 16.6. The van der Waals surface area contributed by atoms with Crippen LogP contribution in [0.4, 0.5) is 9.18 Å². The van der Waals surface area contributed by atoms with Crippen LogP contribution in [0.25, 0.3) is 0 Å². The third-order valence-corrected chi connectivity index (χ3v) is 6.89. The van der Waals surface area contributed by atoms with E-state index in [-0.39, 0.29) is 17.9 Å². The molecule has 2 saturated heterocycles. The quantitative estimate of drug-likeness (QED) is 0.784. The Balaban J connectivity index is 1.55. The number of amides is 2. The molecule has 2 amide bonds. The number of rotatable bonds is 4. The van der Waals surface area contributed by atoms with E-state index in [1.165, 1.54) is 11.1 Å². The summed E-state index contributed by atoms with van der Waals surface area (Å²) >= 11 is 1.72. The summed E-state index contributed by atoms with van der Waals surface area (Å²) in [7, 11) is 3.55. The predicted octanol–water partition coefficient (Wildman–Crippen LogP) is 3.63. The van der Waals surface area contributed by atoms with Crippen molar-refractivity contribution in [2.75, 3.05) is 33.7 Å². The lowest BCUT2D eigenvalue weighted by molar-refractivity contribution is 0.151. The summed E-state index contributed by atoms with van der Waals surface area (Å²) in [6, 6.07) is 6.65. The average Bonchev–Trinajstić information content (AvgIpc) is 3.35. The van der Waals surface area contributed by atoms with Gasteiger partial charge in [-0.25, -0.2) is 14.2 Å². The Morgan fingerprint density at radius 2 is 2.14 bits per heavy atom. The van der Waals surface area contributed by atoms with Crippen LogP contribution in [0.3, 0.4) is 0 Å². The number of aryl methyl sites for hydroxylation is 1. The van der Waals surface area contributed by atoms with Crippen molar-refractivity contribution in [1.29, 1.82) is 0 Å².